The molecule has 0 bridgehead atoms. The minimum atomic E-state index is 0.332. The van der Waals surface area contributed by atoms with E-state index in [0.717, 1.165) is 16.7 Å². The maximum absolute atomic E-state index is 10.8. The summed E-state index contributed by atoms with van der Waals surface area (Å²) in [6.07, 6.45) is 0.709. The molecule has 80 valence electrons. The predicted octanol–water partition coefficient (Wildman–Crippen LogP) is 2.16. The second kappa shape index (κ2) is 4.73. The van der Waals surface area contributed by atoms with Gasteiger partial charge in [-0.15, -0.1) is 0 Å². The van der Waals surface area contributed by atoms with Crippen LogP contribution in [0.15, 0.2) is 17.3 Å². The zero-order valence-corrected chi connectivity index (χ0v) is 9.50. The first-order valence-corrected chi connectivity index (χ1v) is 4.74. The molecule has 0 heterocycles. The van der Waals surface area contributed by atoms with E-state index in [9.17, 15) is 4.79 Å². The lowest BCUT2D eigenvalue weighted by atomic mass is 9.98. The van der Waals surface area contributed by atoms with E-state index in [2.05, 4.69) is 9.99 Å². The van der Waals surface area contributed by atoms with Crippen LogP contribution in [-0.2, 0) is 9.63 Å². The molecule has 0 unspecified atom stereocenters. The Kier molecular flexibility index (Phi) is 3.61. The molecule has 1 rings (SSSR count). The quantitative estimate of drug-likeness (QED) is 0.431. The van der Waals surface area contributed by atoms with Crippen LogP contribution in [0.5, 0.6) is 0 Å². The lowest BCUT2D eigenvalue weighted by Gasteiger charge is -2.08. The molecule has 1 aromatic carbocycles. The van der Waals surface area contributed by atoms with Crippen molar-refractivity contribution in [3.05, 3.63) is 34.4 Å². The monoisotopic (exact) mass is 205 g/mol. The zero-order valence-electron chi connectivity index (χ0n) is 9.50. The standard InChI is InChI=1S/C12H15NO2/c1-8-5-10(3)11(6-9(8)2)12(7-14)13-15-4/h5-7H,1-4H3/b13-12-. The van der Waals surface area contributed by atoms with Crippen molar-refractivity contribution in [1.82, 2.24) is 0 Å². The number of oxime groups is 1. The predicted molar refractivity (Wildman–Crippen MR) is 60.3 cm³/mol. The fourth-order valence-corrected chi connectivity index (χ4v) is 1.47. The molecule has 0 aromatic heterocycles. The van der Waals surface area contributed by atoms with Gasteiger partial charge in [0.1, 0.15) is 12.8 Å². The molecule has 0 N–H and O–H groups in total. The molecular formula is C12H15NO2. The Hall–Kier alpha value is -1.64. The average molecular weight is 205 g/mol. The van der Waals surface area contributed by atoms with E-state index in [1.54, 1.807) is 0 Å². The average Bonchev–Trinajstić information content (AvgIpc) is 2.20. The molecule has 3 nitrogen and oxygen atoms in total. The van der Waals surface area contributed by atoms with Crippen molar-refractivity contribution in [2.24, 2.45) is 5.16 Å². The van der Waals surface area contributed by atoms with E-state index in [1.165, 1.54) is 12.7 Å². The van der Waals surface area contributed by atoms with Crippen molar-refractivity contribution in [1.29, 1.82) is 0 Å². The Morgan fingerprint density at radius 2 is 1.80 bits per heavy atom. The summed E-state index contributed by atoms with van der Waals surface area (Å²) in [5.41, 5.74) is 4.54. The van der Waals surface area contributed by atoms with Crippen LogP contribution in [0.3, 0.4) is 0 Å². The third-order valence-corrected chi connectivity index (χ3v) is 2.42. The van der Waals surface area contributed by atoms with E-state index >= 15 is 0 Å². The summed E-state index contributed by atoms with van der Waals surface area (Å²) in [6, 6.07) is 4.00. The number of hydrogen-bond donors (Lipinski definition) is 0. The largest absolute Gasteiger partial charge is 0.399 e. The van der Waals surface area contributed by atoms with Crippen LogP contribution < -0.4 is 0 Å². The number of aldehydes is 1. The summed E-state index contributed by atoms with van der Waals surface area (Å²) in [5.74, 6) is 0. The lowest BCUT2D eigenvalue weighted by molar-refractivity contribution is -0.102. The van der Waals surface area contributed by atoms with Gasteiger partial charge in [0.2, 0.25) is 0 Å². The minimum absolute atomic E-state index is 0.332. The Labute approximate surface area is 89.7 Å². The molecule has 0 atom stereocenters. The Morgan fingerprint density at radius 1 is 1.20 bits per heavy atom. The second-order valence-electron chi connectivity index (χ2n) is 3.53. The van der Waals surface area contributed by atoms with Crippen LogP contribution in [0.2, 0.25) is 0 Å². The van der Waals surface area contributed by atoms with Crippen molar-refractivity contribution >= 4 is 12.0 Å². The zero-order chi connectivity index (χ0) is 11.4. The van der Waals surface area contributed by atoms with Crippen LogP contribution in [0.25, 0.3) is 0 Å². The first-order valence-electron chi connectivity index (χ1n) is 4.74. The van der Waals surface area contributed by atoms with E-state index in [4.69, 9.17) is 0 Å². The lowest BCUT2D eigenvalue weighted by Crippen LogP contribution is -2.06. The van der Waals surface area contributed by atoms with Crippen LogP contribution in [0.1, 0.15) is 22.3 Å². The Bertz CT molecular complexity index is 408. The molecule has 0 amide bonds. The first kappa shape index (κ1) is 11.4. The van der Waals surface area contributed by atoms with Gasteiger partial charge in [-0.1, -0.05) is 11.2 Å². The number of benzene rings is 1. The minimum Gasteiger partial charge on any atom is -0.399 e. The van der Waals surface area contributed by atoms with Gasteiger partial charge >= 0.3 is 0 Å². The highest BCUT2D eigenvalue weighted by atomic mass is 16.6. The smallest absolute Gasteiger partial charge is 0.172 e. The molecule has 0 saturated carbocycles. The Balaban J connectivity index is 3.30. The number of carbonyl (C=O) groups is 1. The number of aryl methyl sites for hydroxylation is 3. The third-order valence-electron chi connectivity index (χ3n) is 2.42. The molecule has 0 saturated heterocycles. The van der Waals surface area contributed by atoms with Crippen LogP contribution in [0, 0.1) is 20.8 Å². The molecule has 0 aliphatic rings. The van der Waals surface area contributed by atoms with Gasteiger partial charge in [0, 0.05) is 5.56 Å². The van der Waals surface area contributed by atoms with Crippen LogP contribution in [-0.4, -0.2) is 19.1 Å². The van der Waals surface area contributed by atoms with E-state index in [1.807, 2.05) is 32.9 Å². The topological polar surface area (TPSA) is 38.7 Å². The molecule has 15 heavy (non-hydrogen) atoms. The van der Waals surface area contributed by atoms with Crippen LogP contribution >= 0.6 is 0 Å². The van der Waals surface area contributed by atoms with E-state index in [-0.39, 0.29) is 0 Å². The number of rotatable bonds is 3. The molecule has 1 aromatic rings. The molecule has 0 fully saturated rings. The second-order valence-corrected chi connectivity index (χ2v) is 3.53. The van der Waals surface area contributed by atoms with Gasteiger partial charge in [-0.3, -0.25) is 4.79 Å². The summed E-state index contributed by atoms with van der Waals surface area (Å²) in [5, 5.41) is 3.69. The van der Waals surface area contributed by atoms with Gasteiger partial charge in [-0.05, 0) is 43.5 Å². The molecule has 3 heteroatoms. The van der Waals surface area contributed by atoms with Crippen molar-refractivity contribution in [2.45, 2.75) is 20.8 Å². The van der Waals surface area contributed by atoms with E-state index in [0.29, 0.717) is 12.0 Å². The normalized spacial score (nSPS) is 11.3. The molecule has 0 aliphatic heterocycles. The Morgan fingerprint density at radius 3 is 2.33 bits per heavy atom. The SMILES string of the molecule is CO/N=C(/C=O)c1cc(C)c(C)cc1C. The summed E-state index contributed by atoms with van der Waals surface area (Å²) >= 11 is 0. The van der Waals surface area contributed by atoms with Crippen LogP contribution in [0.4, 0.5) is 0 Å². The van der Waals surface area contributed by atoms with Gasteiger partial charge in [0.05, 0.1) is 0 Å². The number of hydrogen-bond acceptors (Lipinski definition) is 3. The maximum atomic E-state index is 10.8. The van der Waals surface area contributed by atoms with Gasteiger partial charge in [-0.2, -0.15) is 0 Å². The van der Waals surface area contributed by atoms with Gasteiger partial charge in [-0.25, -0.2) is 0 Å². The molecule has 0 spiro atoms. The maximum Gasteiger partial charge on any atom is 0.172 e. The highest BCUT2D eigenvalue weighted by Gasteiger charge is 2.08. The van der Waals surface area contributed by atoms with Crippen molar-refractivity contribution < 1.29 is 9.63 Å². The van der Waals surface area contributed by atoms with Gasteiger partial charge in [0.15, 0.2) is 6.29 Å². The molecular weight excluding hydrogens is 190 g/mol. The molecule has 0 aliphatic carbocycles. The fraction of sp³-hybridized carbons (Fsp3) is 0.333. The fourth-order valence-electron chi connectivity index (χ4n) is 1.47. The third kappa shape index (κ3) is 2.43. The summed E-state index contributed by atoms with van der Waals surface area (Å²) < 4.78 is 0. The first-order chi connectivity index (χ1) is 7.10. The molecule has 0 radical (unpaired) electrons. The summed E-state index contributed by atoms with van der Waals surface area (Å²) in [7, 11) is 1.43. The van der Waals surface area contributed by atoms with Crippen molar-refractivity contribution in [3.8, 4) is 0 Å². The van der Waals surface area contributed by atoms with E-state index < -0.39 is 0 Å². The van der Waals surface area contributed by atoms with Gasteiger partial charge < -0.3 is 4.84 Å². The summed E-state index contributed by atoms with van der Waals surface area (Å²) in [4.78, 5) is 15.5. The highest BCUT2D eigenvalue weighted by Crippen LogP contribution is 2.15. The van der Waals surface area contributed by atoms with Crippen molar-refractivity contribution in [3.63, 3.8) is 0 Å². The highest BCUT2D eigenvalue weighted by molar-refractivity contribution is 6.36. The summed E-state index contributed by atoms with van der Waals surface area (Å²) in [6.45, 7) is 6.00. The number of carbonyl (C=O) groups excluding carboxylic acids is 1. The number of nitrogens with zero attached hydrogens (tertiary/aromatic N) is 1. The van der Waals surface area contributed by atoms with Crippen molar-refractivity contribution in [2.75, 3.05) is 7.11 Å². The van der Waals surface area contributed by atoms with Gasteiger partial charge in [0.25, 0.3) is 0 Å².